The zero-order valence-electron chi connectivity index (χ0n) is 8.06. The molecule has 6 nitrogen and oxygen atoms in total. The monoisotopic (exact) mass is 259 g/mol. The molecular weight excluding hydrogens is 250 g/mol. The standard InChI is InChI=1S/C8H9N3O3S2/c9-16(13,14)11-5-1-2-7-6(3-5)10-8(12)4-15-7/h1-3,11H,4H2,(H,10,12)(H2,9,13,14). The molecule has 16 heavy (non-hydrogen) atoms. The lowest BCUT2D eigenvalue weighted by atomic mass is 10.3. The van der Waals surface area contributed by atoms with Gasteiger partial charge in [0.25, 0.3) is 10.2 Å². The van der Waals surface area contributed by atoms with Gasteiger partial charge >= 0.3 is 0 Å². The van der Waals surface area contributed by atoms with Crippen molar-refractivity contribution in [3.8, 4) is 0 Å². The van der Waals surface area contributed by atoms with Gasteiger partial charge in [-0.3, -0.25) is 9.52 Å². The van der Waals surface area contributed by atoms with Crippen molar-refractivity contribution >= 4 is 39.3 Å². The highest BCUT2D eigenvalue weighted by Crippen LogP contribution is 2.33. The second kappa shape index (κ2) is 3.96. The molecule has 1 aliphatic rings. The molecule has 0 saturated carbocycles. The SMILES string of the molecule is NS(=O)(=O)Nc1ccc2c(c1)NC(=O)CS2. The normalized spacial score (nSPS) is 15.2. The predicted octanol–water partition coefficient (Wildman–Crippen LogP) is 0.346. The Kier molecular flexibility index (Phi) is 2.78. The largest absolute Gasteiger partial charge is 0.324 e. The molecule has 1 aliphatic heterocycles. The first-order valence-corrected chi connectivity index (χ1v) is 6.84. The zero-order valence-corrected chi connectivity index (χ0v) is 9.69. The lowest BCUT2D eigenvalue weighted by Crippen LogP contribution is -2.22. The van der Waals surface area contributed by atoms with Gasteiger partial charge in [-0.15, -0.1) is 11.8 Å². The van der Waals surface area contributed by atoms with E-state index in [9.17, 15) is 13.2 Å². The van der Waals surface area contributed by atoms with Crippen molar-refractivity contribution in [3.63, 3.8) is 0 Å². The number of amides is 1. The summed E-state index contributed by atoms with van der Waals surface area (Å²) in [4.78, 5) is 12.0. The maximum atomic E-state index is 11.1. The molecule has 0 aliphatic carbocycles. The van der Waals surface area contributed by atoms with Crippen LogP contribution in [0.5, 0.6) is 0 Å². The molecule has 86 valence electrons. The molecular formula is C8H9N3O3S2. The minimum absolute atomic E-state index is 0.106. The summed E-state index contributed by atoms with van der Waals surface area (Å²) in [6, 6.07) is 4.85. The van der Waals surface area contributed by atoms with E-state index in [0.29, 0.717) is 17.1 Å². The molecule has 0 unspecified atom stereocenters. The average molecular weight is 259 g/mol. The number of fused-ring (bicyclic) bond motifs is 1. The van der Waals surface area contributed by atoms with Crippen molar-refractivity contribution in [1.29, 1.82) is 0 Å². The summed E-state index contributed by atoms with van der Waals surface area (Å²) in [6.07, 6.45) is 0. The summed E-state index contributed by atoms with van der Waals surface area (Å²) in [5.41, 5.74) is 0.916. The average Bonchev–Trinajstić information content (AvgIpc) is 2.14. The third-order valence-corrected chi connectivity index (χ3v) is 3.47. The van der Waals surface area contributed by atoms with Gasteiger partial charge in [0.15, 0.2) is 0 Å². The molecule has 0 bridgehead atoms. The Hall–Kier alpha value is -1.25. The second-order valence-electron chi connectivity index (χ2n) is 3.19. The number of carbonyl (C=O) groups excluding carboxylic acids is 1. The van der Waals surface area contributed by atoms with E-state index < -0.39 is 10.2 Å². The first-order chi connectivity index (χ1) is 7.44. The summed E-state index contributed by atoms with van der Waals surface area (Å²) < 4.78 is 23.7. The second-order valence-corrected chi connectivity index (χ2v) is 5.51. The summed E-state index contributed by atoms with van der Waals surface area (Å²) in [7, 11) is -3.79. The first-order valence-electron chi connectivity index (χ1n) is 4.31. The van der Waals surface area contributed by atoms with Gasteiger partial charge in [0.05, 0.1) is 17.1 Å². The van der Waals surface area contributed by atoms with Gasteiger partial charge in [0.2, 0.25) is 5.91 Å². The number of rotatable bonds is 2. The van der Waals surface area contributed by atoms with E-state index in [1.807, 2.05) is 0 Å². The number of hydrogen-bond donors (Lipinski definition) is 3. The van der Waals surface area contributed by atoms with Gasteiger partial charge in [-0.05, 0) is 18.2 Å². The zero-order chi connectivity index (χ0) is 11.8. The Bertz CT molecular complexity index is 541. The van der Waals surface area contributed by atoms with E-state index in [2.05, 4.69) is 10.0 Å². The van der Waals surface area contributed by atoms with Crippen LogP contribution in [0.15, 0.2) is 23.1 Å². The highest BCUT2D eigenvalue weighted by atomic mass is 32.2. The van der Waals surface area contributed by atoms with Gasteiger partial charge in [0, 0.05) is 4.90 Å². The summed E-state index contributed by atoms with van der Waals surface area (Å²) >= 11 is 1.40. The number of anilines is 2. The third-order valence-electron chi connectivity index (χ3n) is 1.87. The van der Waals surface area contributed by atoms with Crippen LogP contribution in [0.2, 0.25) is 0 Å². The van der Waals surface area contributed by atoms with Gasteiger partial charge in [-0.2, -0.15) is 8.42 Å². The lowest BCUT2D eigenvalue weighted by Gasteiger charge is -2.17. The van der Waals surface area contributed by atoms with E-state index in [4.69, 9.17) is 5.14 Å². The smallest absolute Gasteiger partial charge is 0.296 e. The van der Waals surface area contributed by atoms with Crippen LogP contribution >= 0.6 is 11.8 Å². The van der Waals surface area contributed by atoms with Crippen molar-refractivity contribution in [3.05, 3.63) is 18.2 Å². The van der Waals surface area contributed by atoms with Crippen LogP contribution in [0.1, 0.15) is 0 Å². The molecule has 0 radical (unpaired) electrons. The molecule has 1 heterocycles. The van der Waals surface area contributed by atoms with E-state index >= 15 is 0 Å². The fraction of sp³-hybridized carbons (Fsp3) is 0.125. The number of nitrogens with one attached hydrogen (secondary N) is 2. The minimum atomic E-state index is -3.79. The third kappa shape index (κ3) is 2.65. The van der Waals surface area contributed by atoms with Crippen LogP contribution in [-0.2, 0) is 15.0 Å². The van der Waals surface area contributed by atoms with E-state index in [0.717, 1.165) is 4.90 Å². The van der Waals surface area contributed by atoms with Crippen molar-refractivity contribution in [2.75, 3.05) is 15.8 Å². The lowest BCUT2D eigenvalue weighted by molar-refractivity contribution is -0.113. The molecule has 0 aromatic heterocycles. The van der Waals surface area contributed by atoms with Crippen LogP contribution in [0.25, 0.3) is 0 Å². The van der Waals surface area contributed by atoms with Crippen LogP contribution in [0.3, 0.4) is 0 Å². The van der Waals surface area contributed by atoms with Crippen LogP contribution in [0.4, 0.5) is 11.4 Å². The Labute approximate surface area is 96.8 Å². The summed E-state index contributed by atoms with van der Waals surface area (Å²) in [6.45, 7) is 0. The highest BCUT2D eigenvalue weighted by molar-refractivity contribution is 8.00. The molecule has 0 fully saturated rings. The number of carbonyl (C=O) groups is 1. The van der Waals surface area contributed by atoms with Crippen LogP contribution < -0.4 is 15.2 Å². The van der Waals surface area contributed by atoms with Crippen molar-refractivity contribution < 1.29 is 13.2 Å². The Morgan fingerprint density at radius 1 is 1.44 bits per heavy atom. The first kappa shape index (κ1) is 11.2. The van der Waals surface area contributed by atoms with E-state index in [1.165, 1.54) is 17.8 Å². The number of thioether (sulfide) groups is 1. The van der Waals surface area contributed by atoms with Gasteiger partial charge < -0.3 is 5.32 Å². The molecule has 8 heteroatoms. The minimum Gasteiger partial charge on any atom is -0.324 e. The van der Waals surface area contributed by atoms with Crippen LogP contribution in [0, 0.1) is 0 Å². The van der Waals surface area contributed by atoms with Gasteiger partial charge in [-0.25, -0.2) is 5.14 Å². The fourth-order valence-electron chi connectivity index (χ4n) is 1.31. The Balaban J connectivity index is 2.31. The number of benzene rings is 1. The van der Waals surface area contributed by atoms with Crippen molar-refractivity contribution in [2.24, 2.45) is 5.14 Å². The maximum absolute atomic E-state index is 11.1. The Morgan fingerprint density at radius 3 is 2.88 bits per heavy atom. The van der Waals surface area contributed by atoms with E-state index in [1.54, 1.807) is 12.1 Å². The molecule has 2 rings (SSSR count). The van der Waals surface area contributed by atoms with Crippen LogP contribution in [-0.4, -0.2) is 20.1 Å². The molecule has 0 atom stereocenters. The number of nitrogens with two attached hydrogens (primary N) is 1. The fourth-order valence-corrected chi connectivity index (χ4v) is 2.55. The molecule has 1 aromatic carbocycles. The van der Waals surface area contributed by atoms with Crippen molar-refractivity contribution in [2.45, 2.75) is 4.90 Å². The van der Waals surface area contributed by atoms with E-state index in [-0.39, 0.29) is 5.91 Å². The molecule has 1 aromatic rings. The molecule has 0 spiro atoms. The summed E-state index contributed by atoms with van der Waals surface area (Å²) in [5, 5.41) is 7.49. The molecule has 1 amide bonds. The summed E-state index contributed by atoms with van der Waals surface area (Å²) in [5.74, 6) is 0.264. The quantitative estimate of drug-likeness (QED) is 0.713. The topological polar surface area (TPSA) is 101 Å². The maximum Gasteiger partial charge on any atom is 0.296 e. The molecule has 0 saturated heterocycles. The van der Waals surface area contributed by atoms with Gasteiger partial charge in [-0.1, -0.05) is 0 Å². The Morgan fingerprint density at radius 2 is 2.19 bits per heavy atom. The molecule has 4 N–H and O–H groups in total. The highest BCUT2D eigenvalue weighted by Gasteiger charge is 2.16. The van der Waals surface area contributed by atoms with Crippen molar-refractivity contribution in [1.82, 2.24) is 0 Å². The van der Waals surface area contributed by atoms with Gasteiger partial charge in [0.1, 0.15) is 0 Å². The predicted molar refractivity (Wildman–Crippen MR) is 62.5 cm³/mol. The number of hydrogen-bond acceptors (Lipinski definition) is 4.